The number of unbranched alkanes of at least 4 members (excludes halogenated alkanes) is 1. The summed E-state index contributed by atoms with van der Waals surface area (Å²) in [4.78, 5) is 11.2. The maximum Gasteiger partial charge on any atom is 0.451 e. The van der Waals surface area contributed by atoms with Gasteiger partial charge in [-0.2, -0.15) is 0 Å². The standard InChI is InChI=1S/C10H21BN2O4/c12-8-5-7(6-8)10(13,9(14)15)3-1-2-4-11(16)17/h7-8,16-17H,1-6,12-13H2,(H,14,15). The van der Waals surface area contributed by atoms with Crippen LogP contribution in [0.1, 0.15) is 32.1 Å². The predicted octanol–water partition coefficient (Wildman–Crippen LogP) is -0.851. The van der Waals surface area contributed by atoms with E-state index >= 15 is 0 Å². The number of aliphatic carboxylic acids is 1. The van der Waals surface area contributed by atoms with Gasteiger partial charge in [0.1, 0.15) is 5.54 Å². The van der Waals surface area contributed by atoms with E-state index in [2.05, 4.69) is 0 Å². The van der Waals surface area contributed by atoms with Crippen molar-refractivity contribution in [2.45, 2.75) is 50.0 Å². The number of rotatable bonds is 7. The minimum atomic E-state index is -1.33. The van der Waals surface area contributed by atoms with E-state index < -0.39 is 18.6 Å². The van der Waals surface area contributed by atoms with Gasteiger partial charge >= 0.3 is 13.1 Å². The van der Waals surface area contributed by atoms with E-state index in [-0.39, 0.29) is 18.3 Å². The zero-order valence-electron chi connectivity index (χ0n) is 9.88. The second kappa shape index (κ2) is 5.81. The van der Waals surface area contributed by atoms with Crippen molar-refractivity contribution < 1.29 is 19.9 Å². The smallest absolute Gasteiger partial charge is 0.451 e. The van der Waals surface area contributed by atoms with E-state index in [4.69, 9.17) is 21.5 Å². The van der Waals surface area contributed by atoms with Crippen LogP contribution in [-0.4, -0.2) is 39.8 Å². The van der Waals surface area contributed by atoms with Crippen LogP contribution in [0.3, 0.4) is 0 Å². The van der Waals surface area contributed by atoms with Gasteiger partial charge in [0.05, 0.1) is 0 Å². The first-order valence-corrected chi connectivity index (χ1v) is 6.00. The minimum absolute atomic E-state index is 0.0611. The zero-order chi connectivity index (χ0) is 13.1. The normalized spacial score (nSPS) is 27.1. The molecule has 0 aromatic carbocycles. The van der Waals surface area contributed by atoms with Crippen molar-refractivity contribution in [1.82, 2.24) is 0 Å². The molecule has 0 aromatic heterocycles. The molecule has 0 saturated heterocycles. The fourth-order valence-electron chi connectivity index (χ4n) is 2.31. The number of carbonyl (C=O) groups is 1. The van der Waals surface area contributed by atoms with Crippen molar-refractivity contribution in [2.24, 2.45) is 17.4 Å². The Kier molecular flexibility index (Phi) is 4.94. The van der Waals surface area contributed by atoms with Crippen LogP contribution in [0.25, 0.3) is 0 Å². The summed E-state index contributed by atoms with van der Waals surface area (Å²) in [6.07, 6.45) is 3.05. The van der Waals surface area contributed by atoms with Crippen molar-refractivity contribution in [3.05, 3.63) is 0 Å². The molecule has 1 aliphatic carbocycles. The van der Waals surface area contributed by atoms with E-state index in [1.54, 1.807) is 0 Å². The fourth-order valence-corrected chi connectivity index (χ4v) is 2.31. The topological polar surface area (TPSA) is 130 Å². The molecule has 0 bridgehead atoms. The van der Waals surface area contributed by atoms with Crippen molar-refractivity contribution in [3.63, 3.8) is 0 Å². The summed E-state index contributed by atoms with van der Waals surface area (Å²) >= 11 is 0. The summed E-state index contributed by atoms with van der Waals surface area (Å²) in [5, 5.41) is 26.6. The third-order valence-electron chi connectivity index (χ3n) is 3.60. The number of hydrogen-bond donors (Lipinski definition) is 5. The molecule has 0 aliphatic heterocycles. The van der Waals surface area contributed by atoms with Gasteiger partial charge in [-0.15, -0.1) is 0 Å². The van der Waals surface area contributed by atoms with Gasteiger partial charge in [0.15, 0.2) is 0 Å². The van der Waals surface area contributed by atoms with Crippen molar-refractivity contribution in [3.8, 4) is 0 Å². The van der Waals surface area contributed by atoms with Crippen molar-refractivity contribution >= 4 is 13.1 Å². The van der Waals surface area contributed by atoms with Gasteiger partial charge in [0.2, 0.25) is 0 Å². The van der Waals surface area contributed by atoms with Gasteiger partial charge in [0, 0.05) is 6.04 Å². The Bertz CT molecular complexity index is 271. The second-order valence-corrected chi connectivity index (χ2v) is 5.00. The molecule has 0 aromatic rings. The molecule has 0 heterocycles. The largest absolute Gasteiger partial charge is 0.480 e. The first-order chi connectivity index (χ1) is 7.86. The lowest BCUT2D eigenvalue weighted by molar-refractivity contribution is -0.147. The van der Waals surface area contributed by atoms with Crippen LogP contribution >= 0.6 is 0 Å². The van der Waals surface area contributed by atoms with Crippen LogP contribution in [0.4, 0.5) is 0 Å². The summed E-state index contributed by atoms with van der Waals surface area (Å²) in [5.74, 6) is -1.05. The highest BCUT2D eigenvalue weighted by molar-refractivity contribution is 6.40. The third kappa shape index (κ3) is 3.67. The Morgan fingerprint density at radius 1 is 1.35 bits per heavy atom. The molecule has 7 heteroatoms. The molecule has 1 rings (SSSR count). The molecule has 7 N–H and O–H groups in total. The van der Waals surface area contributed by atoms with Crippen LogP contribution in [-0.2, 0) is 4.79 Å². The van der Waals surface area contributed by atoms with Gasteiger partial charge in [-0.3, -0.25) is 4.79 Å². The molecule has 1 aliphatic rings. The van der Waals surface area contributed by atoms with Crippen LogP contribution in [0.15, 0.2) is 0 Å². The average molecular weight is 244 g/mol. The average Bonchev–Trinajstić information content (AvgIpc) is 2.19. The number of carboxylic acids is 1. The van der Waals surface area contributed by atoms with Gasteiger partial charge in [0.25, 0.3) is 0 Å². The Balaban J connectivity index is 2.40. The molecule has 1 atom stereocenters. The predicted molar refractivity (Wildman–Crippen MR) is 64.1 cm³/mol. The minimum Gasteiger partial charge on any atom is -0.480 e. The van der Waals surface area contributed by atoms with E-state index in [9.17, 15) is 9.90 Å². The Morgan fingerprint density at radius 3 is 2.35 bits per heavy atom. The summed E-state index contributed by atoms with van der Waals surface area (Å²) in [5.41, 5.74) is 10.4. The molecule has 6 nitrogen and oxygen atoms in total. The number of carboxylic acid groups (broad SMARTS) is 1. The highest BCUT2D eigenvalue weighted by Gasteiger charge is 2.47. The summed E-state index contributed by atoms with van der Waals surface area (Å²) in [6.45, 7) is 0. The van der Waals surface area contributed by atoms with E-state index in [0.29, 0.717) is 32.1 Å². The molecule has 0 amide bonds. The van der Waals surface area contributed by atoms with Crippen molar-refractivity contribution in [1.29, 1.82) is 0 Å². The lowest BCUT2D eigenvalue weighted by atomic mass is 9.66. The van der Waals surface area contributed by atoms with Crippen LogP contribution in [0.5, 0.6) is 0 Å². The molecule has 0 radical (unpaired) electrons. The summed E-state index contributed by atoms with van der Waals surface area (Å²) in [7, 11) is -1.33. The first kappa shape index (κ1) is 14.4. The zero-order valence-corrected chi connectivity index (χ0v) is 9.88. The molecule has 17 heavy (non-hydrogen) atoms. The van der Waals surface area contributed by atoms with Crippen molar-refractivity contribution in [2.75, 3.05) is 0 Å². The highest BCUT2D eigenvalue weighted by Crippen LogP contribution is 2.37. The van der Waals surface area contributed by atoms with Gasteiger partial charge < -0.3 is 26.6 Å². The van der Waals surface area contributed by atoms with E-state index in [0.717, 1.165) is 0 Å². The molecular weight excluding hydrogens is 223 g/mol. The molecule has 1 saturated carbocycles. The lowest BCUT2D eigenvalue weighted by Crippen LogP contribution is -2.60. The number of hydrogen-bond acceptors (Lipinski definition) is 5. The van der Waals surface area contributed by atoms with Gasteiger partial charge in [-0.05, 0) is 31.5 Å². The molecule has 1 fully saturated rings. The first-order valence-electron chi connectivity index (χ1n) is 6.00. The SMILES string of the molecule is NC1CC(C(N)(CCCCB(O)O)C(=O)O)C1. The Labute approximate surface area is 101 Å². The maximum atomic E-state index is 11.2. The molecule has 98 valence electrons. The van der Waals surface area contributed by atoms with Gasteiger partial charge in [-0.25, -0.2) is 0 Å². The summed E-state index contributed by atoms with van der Waals surface area (Å²) in [6, 6.07) is 0.0709. The Hall–Kier alpha value is -0.625. The molecule has 1 unspecified atom stereocenters. The number of nitrogens with two attached hydrogens (primary N) is 2. The van der Waals surface area contributed by atoms with E-state index in [1.165, 1.54) is 0 Å². The third-order valence-corrected chi connectivity index (χ3v) is 3.60. The quantitative estimate of drug-likeness (QED) is 0.293. The highest BCUT2D eigenvalue weighted by atomic mass is 16.4. The Morgan fingerprint density at radius 2 is 1.94 bits per heavy atom. The van der Waals surface area contributed by atoms with Crippen LogP contribution < -0.4 is 11.5 Å². The van der Waals surface area contributed by atoms with E-state index in [1.807, 2.05) is 0 Å². The monoisotopic (exact) mass is 244 g/mol. The summed E-state index contributed by atoms with van der Waals surface area (Å²) < 4.78 is 0. The maximum absolute atomic E-state index is 11.2. The molecule has 0 spiro atoms. The van der Waals surface area contributed by atoms with Crippen LogP contribution in [0.2, 0.25) is 6.32 Å². The fraction of sp³-hybridized carbons (Fsp3) is 0.900. The van der Waals surface area contributed by atoms with Gasteiger partial charge in [-0.1, -0.05) is 12.8 Å². The lowest BCUT2D eigenvalue weighted by Gasteiger charge is -2.43. The van der Waals surface area contributed by atoms with Crippen LogP contribution in [0, 0.1) is 5.92 Å². The second-order valence-electron chi connectivity index (χ2n) is 5.00. The molecular formula is C10H21BN2O4.